The first kappa shape index (κ1) is 28.6. The number of aliphatic hydroxyl groups excluding tert-OH is 1. The molecule has 12 heteroatoms. The van der Waals surface area contributed by atoms with Crippen molar-refractivity contribution in [3.63, 3.8) is 0 Å². The van der Waals surface area contributed by atoms with Gasteiger partial charge in [-0.05, 0) is 66.1 Å². The zero-order valence-electron chi connectivity index (χ0n) is 22.9. The molecule has 2 atom stereocenters. The number of carbonyl (C=O) groups is 3. The monoisotopic (exact) mass is 617 g/mol. The molecule has 1 aromatic heterocycles. The smallest absolute Gasteiger partial charge is 0.337 e. The zero-order valence-corrected chi connectivity index (χ0v) is 24.6. The molecule has 1 N–H and O–H groups in total. The minimum absolute atomic E-state index is 0.0150. The number of nitrogens with zero attached hydrogens (tertiary/aromatic N) is 3. The van der Waals surface area contributed by atoms with Gasteiger partial charge in [0.1, 0.15) is 23.4 Å². The van der Waals surface area contributed by atoms with Crippen LogP contribution in [-0.4, -0.2) is 46.2 Å². The van der Waals surface area contributed by atoms with Crippen LogP contribution in [0.15, 0.2) is 76.6 Å². The van der Waals surface area contributed by atoms with E-state index in [0.717, 1.165) is 22.5 Å². The average Bonchev–Trinajstić information content (AvgIpc) is 3.71. The Morgan fingerprint density at radius 1 is 1.09 bits per heavy atom. The molecule has 0 radical (unpaired) electrons. The van der Waals surface area contributed by atoms with Gasteiger partial charge in [0, 0.05) is 17.7 Å². The third-order valence-corrected chi connectivity index (χ3v) is 9.27. The lowest BCUT2D eigenvalue weighted by atomic mass is 9.94. The first-order valence-electron chi connectivity index (χ1n) is 13.2. The van der Waals surface area contributed by atoms with Gasteiger partial charge in [-0.25, -0.2) is 9.18 Å². The first-order valence-corrected chi connectivity index (χ1v) is 15.0. The third kappa shape index (κ3) is 5.51. The molecule has 1 saturated heterocycles. The number of hydrogen-bond acceptors (Lipinski definition) is 10. The number of thioether (sulfide) groups is 1. The largest absolute Gasteiger partial charge is 0.507 e. The molecule has 4 aromatic rings. The van der Waals surface area contributed by atoms with E-state index in [1.807, 2.05) is 6.92 Å². The van der Waals surface area contributed by atoms with Gasteiger partial charge in [-0.2, -0.15) is 0 Å². The van der Waals surface area contributed by atoms with Gasteiger partial charge in [0.05, 0.1) is 24.3 Å². The SMILES string of the molecule is COC(=O)c1ccc([C@H]2/C(=C(\O)c3ccc4c(c3)C[C@@H](C)O4)C(=O)C(=O)N2c2nnc(SCc3ccc(F)cc3)s2)cc1. The molecule has 2 aliphatic heterocycles. The number of Topliss-reactive ketones (excluding diaryl/α,β-unsaturated/α-hetero) is 1. The minimum Gasteiger partial charge on any atom is -0.507 e. The Hall–Kier alpha value is -4.55. The molecule has 0 spiro atoms. The standard InChI is InChI=1S/C31H24FN3O6S2/c1-16-13-21-14-20(9-12-23(21)41-16)26(36)24-25(18-5-7-19(8-6-18)29(39)40-2)35(28(38)27(24)37)30-33-34-31(43-30)42-15-17-3-10-22(32)11-4-17/h3-12,14,16,25,36H,13,15H2,1-2H3/b26-24+/t16-,25+/m1/s1. The average molecular weight is 618 g/mol. The van der Waals surface area contributed by atoms with Gasteiger partial charge in [-0.15, -0.1) is 10.2 Å². The van der Waals surface area contributed by atoms with E-state index < -0.39 is 23.7 Å². The zero-order chi connectivity index (χ0) is 30.2. The fraction of sp³-hybridized carbons (Fsp3) is 0.194. The van der Waals surface area contributed by atoms with Crippen LogP contribution in [0, 0.1) is 5.82 Å². The lowest BCUT2D eigenvalue weighted by Gasteiger charge is -2.22. The lowest BCUT2D eigenvalue weighted by molar-refractivity contribution is -0.132. The molecule has 218 valence electrons. The summed E-state index contributed by atoms with van der Waals surface area (Å²) in [7, 11) is 1.27. The quantitative estimate of drug-likeness (QED) is 0.0695. The number of aliphatic hydroxyl groups is 1. The summed E-state index contributed by atoms with van der Waals surface area (Å²) in [4.78, 5) is 40.4. The summed E-state index contributed by atoms with van der Waals surface area (Å²) < 4.78 is 24.4. The molecule has 0 unspecified atom stereocenters. The Morgan fingerprint density at radius 3 is 2.53 bits per heavy atom. The molecule has 0 aliphatic carbocycles. The number of anilines is 1. The van der Waals surface area contributed by atoms with Crippen molar-refractivity contribution in [3.8, 4) is 5.75 Å². The van der Waals surface area contributed by atoms with E-state index in [2.05, 4.69) is 10.2 Å². The number of amides is 1. The number of aromatic nitrogens is 2. The van der Waals surface area contributed by atoms with Gasteiger partial charge in [-0.1, -0.05) is 47.4 Å². The van der Waals surface area contributed by atoms with Gasteiger partial charge in [-0.3, -0.25) is 14.5 Å². The van der Waals surface area contributed by atoms with Gasteiger partial charge < -0.3 is 14.6 Å². The van der Waals surface area contributed by atoms with E-state index in [9.17, 15) is 23.9 Å². The van der Waals surface area contributed by atoms with Crippen LogP contribution in [0.1, 0.15) is 45.6 Å². The van der Waals surface area contributed by atoms with Crippen molar-refractivity contribution >= 4 is 51.6 Å². The molecule has 43 heavy (non-hydrogen) atoms. The number of fused-ring (bicyclic) bond motifs is 1. The molecule has 3 aromatic carbocycles. The van der Waals surface area contributed by atoms with Crippen LogP contribution in [-0.2, 0) is 26.5 Å². The normalized spacial score (nSPS) is 18.9. The van der Waals surface area contributed by atoms with Crippen molar-refractivity contribution in [2.45, 2.75) is 35.6 Å². The highest BCUT2D eigenvalue weighted by Gasteiger charge is 2.48. The Morgan fingerprint density at radius 2 is 1.81 bits per heavy atom. The highest BCUT2D eigenvalue weighted by Crippen LogP contribution is 2.44. The molecule has 6 rings (SSSR count). The summed E-state index contributed by atoms with van der Waals surface area (Å²) in [6.45, 7) is 1.94. The van der Waals surface area contributed by atoms with Crippen LogP contribution in [0.5, 0.6) is 5.75 Å². The second-order valence-corrected chi connectivity index (χ2v) is 12.2. The number of benzene rings is 3. The Balaban J connectivity index is 1.39. The maximum absolute atomic E-state index is 13.6. The predicted octanol–water partition coefficient (Wildman–Crippen LogP) is 5.71. The number of esters is 1. The van der Waals surface area contributed by atoms with Crippen molar-refractivity contribution in [3.05, 3.63) is 106 Å². The maximum Gasteiger partial charge on any atom is 0.337 e. The molecular formula is C31H24FN3O6S2. The molecule has 3 heterocycles. The van der Waals surface area contributed by atoms with Crippen molar-refractivity contribution < 1.29 is 33.4 Å². The van der Waals surface area contributed by atoms with Crippen LogP contribution in [0.4, 0.5) is 9.52 Å². The number of methoxy groups -OCH3 is 1. The van der Waals surface area contributed by atoms with E-state index in [-0.39, 0.29) is 33.9 Å². The Labute approximate surface area is 254 Å². The molecule has 9 nitrogen and oxygen atoms in total. The van der Waals surface area contributed by atoms with Crippen molar-refractivity contribution in [2.24, 2.45) is 0 Å². The van der Waals surface area contributed by atoms with E-state index in [4.69, 9.17) is 9.47 Å². The number of hydrogen-bond donors (Lipinski definition) is 1. The number of halogens is 1. The number of carbonyl (C=O) groups excluding carboxylic acids is 3. The Bertz CT molecular complexity index is 1770. The fourth-order valence-electron chi connectivity index (χ4n) is 5.07. The van der Waals surface area contributed by atoms with Crippen LogP contribution < -0.4 is 9.64 Å². The third-order valence-electron chi connectivity index (χ3n) is 7.14. The number of ketones is 1. The maximum atomic E-state index is 13.6. The molecule has 2 aliphatic rings. The van der Waals surface area contributed by atoms with Gasteiger partial charge in [0.15, 0.2) is 4.34 Å². The van der Waals surface area contributed by atoms with E-state index in [0.29, 0.717) is 33.4 Å². The second-order valence-electron chi connectivity index (χ2n) is 10.0. The number of rotatable bonds is 7. The van der Waals surface area contributed by atoms with Gasteiger partial charge in [0.2, 0.25) is 5.13 Å². The van der Waals surface area contributed by atoms with E-state index >= 15 is 0 Å². The van der Waals surface area contributed by atoms with Gasteiger partial charge >= 0.3 is 11.9 Å². The number of ether oxygens (including phenoxy) is 2. The Kier molecular flexibility index (Phi) is 7.72. The summed E-state index contributed by atoms with van der Waals surface area (Å²) in [6, 6.07) is 16.5. The van der Waals surface area contributed by atoms with Crippen molar-refractivity contribution in [1.29, 1.82) is 0 Å². The predicted molar refractivity (Wildman–Crippen MR) is 159 cm³/mol. The summed E-state index contributed by atoms with van der Waals surface area (Å²) in [5, 5.41) is 20.1. The van der Waals surface area contributed by atoms with Crippen LogP contribution in [0.3, 0.4) is 0 Å². The minimum atomic E-state index is -1.04. The highest BCUT2D eigenvalue weighted by molar-refractivity contribution is 8.00. The van der Waals surface area contributed by atoms with E-state index in [1.165, 1.54) is 48.0 Å². The highest BCUT2D eigenvalue weighted by atomic mass is 32.2. The summed E-state index contributed by atoms with van der Waals surface area (Å²) in [6.07, 6.45) is 0.630. The van der Waals surface area contributed by atoms with E-state index in [1.54, 1.807) is 42.5 Å². The van der Waals surface area contributed by atoms with Crippen molar-refractivity contribution in [1.82, 2.24) is 10.2 Å². The summed E-state index contributed by atoms with van der Waals surface area (Å²) in [5.41, 5.74) is 2.78. The molecular weight excluding hydrogens is 593 g/mol. The lowest BCUT2D eigenvalue weighted by Crippen LogP contribution is -2.29. The van der Waals surface area contributed by atoms with Crippen molar-refractivity contribution in [2.75, 3.05) is 12.0 Å². The van der Waals surface area contributed by atoms with Crippen LogP contribution in [0.2, 0.25) is 0 Å². The summed E-state index contributed by atoms with van der Waals surface area (Å²) in [5.74, 6) is -1.74. The fourth-order valence-corrected chi connectivity index (χ4v) is 6.90. The topological polar surface area (TPSA) is 119 Å². The molecule has 1 amide bonds. The van der Waals surface area contributed by atoms with Gasteiger partial charge in [0.25, 0.3) is 5.78 Å². The summed E-state index contributed by atoms with van der Waals surface area (Å²) >= 11 is 2.48. The van der Waals surface area contributed by atoms with Crippen LogP contribution >= 0.6 is 23.1 Å². The molecule has 0 saturated carbocycles. The second kappa shape index (κ2) is 11.6. The van der Waals surface area contributed by atoms with Crippen LogP contribution in [0.25, 0.3) is 5.76 Å². The first-order chi connectivity index (χ1) is 20.7. The molecule has 0 bridgehead atoms. The molecule has 1 fully saturated rings.